The summed E-state index contributed by atoms with van der Waals surface area (Å²) >= 11 is 0. The zero-order chi connectivity index (χ0) is 17.5. The van der Waals surface area contributed by atoms with E-state index in [2.05, 4.69) is 16.0 Å². The summed E-state index contributed by atoms with van der Waals surface area (Å²) in [5, 5.41) is 8.20. The number of carbonyl (C=O) groups is 4. The molecule has 2 saturated heterocycles. The van der Waals surface area contributed by atoms with Gasteiger partial charge in [0, 0.05) is 18.1 Å². The van der Waals surface area contributed by atoms with Gasteiger partial charge in [-0.3, -0.25) is 24.5 Å². The Bertz CT molecular complexity index is 585. The lowest BCUT2D eigenvalue weighted by atomic mass is 10.1. The number of nitrogens with zero attached hydrogens (tertiary/aromatic N) is 1. The molecule has 8 heteroatoms. The molecule has 1 unspecified atom stereocenters. The number of Topliss-reactive ketones (excluding diaryl/α,β-unsaturated/α-hetero) is 1. The summed E-state index contributed by atoms with van der Waals surface area (Å²) < 4.78 is 0. The highest BCUT2D eigenvalue weighted by Gasteiger charge is 2.53. The van der Waals surface area contributed by atoms with Crippen LogP contribution in [0.2, 0.25) is 0 Å². The van der Waals surface area contributed by atoms with Crippen molar-refractivity contribution in [2.24, 2.45) is 0 Å². The van der Waals surface area contributed by atoms with Crippen LogP contribution >= 0.6 is 0 Å². The van der Waals surface area contributed by atoms with Crippen LogP contribution in [0.5, 0.6) is 0 Å². The van der Waals surface area contributed by atoms with Crippen LogP contribution in [0.3, 0.4) is 0 Å². The Labute approximate surface area is 140 Å². The van der Waals surface area contributed by atoms with Crippen molar-refractivity contribution in [3.05, 3.63) is 0 Å². The molecule has 0 aromatic heterocycles. The molecule has 24 heavy (non-hydrogen) atoms. The van der Waals surface area contributed by atoms with E-state index >= 15 is 0 Å². The number of nitrogens with one attached hydrogen (secondary N) is 3. The second-order valence-electron chi connectivity index (χ2n) is 7.38. The first-order valence-electron chi connectivity index (χ1n) is 8.49. The Balaban J connectivity index is 1.49. The van der Waals surface area contributed by atoms with Crippen molar-refractivity contribution >= 4 is 23.5 Å². The molecule has 0 aromatic rings. The average molecular weight is 336 g/mol. The van der Waals surface area contributed by atoms with Crippen LogP contribution < -0.4 is 16.0 Å². The predicted octanol–water partition coefficient (Wildman–Crippen LogP) is -1.31. The van der Waals surface area contributed by atoms with Crippen LogP contribution in [0.1, 0.15) is 39.5 Å². The quantitative estimate of drug-likeness (QED) is 0.411. The Kier molecular flexibility index (Phi) is 4.33. The first-order valence-corrected chi connectivity index (χ1v) is 8.49. The number of ketones is 1. The largest absolute Gasteiger partial charge is 0.347 e. The molecule has 132 valence electrons. The molecule has 0 radical (unpaired) electrons. The first kappa shape index (κ1) is 16.9. The fraction of sp³-hybridized carbons (Fsp3) is 0.750. The van der Waals surface area contributed by atoms with Gasteiger partial charge >= 0.3 is 0 Å². The maximum atomic E-state index is 12.5. The van der Waals surface area contributed by atoms with E-state index in [1.807, 2.05) is 13.8 Å². The van der Waals surface area contributed by atoms with Crippen molar-refractivity contribution in [2.45, 2.75) is 63.2 Å². The summed E-state index contributed by atoms with van der Waals surface area (Å²) in [6, 6.07) is -0.707. The van der Waals surface area contributed by atoms with Gasteiger partial charge in [-0.05, 0) is 39.5 Å². The molecule has 8 nitrogen and oxygen atoms in total. The van der Waals surface area contributed by atoms with Gasteiger partial charge in [-0.1, -0.05) is 0 Å². The number of amides is 3. The van der Waals surface area contributed by atoms with Crippen LogP contribution in [0.4, 0.5) is 0 Å². The van der Waals surface area contributed by atoms with Gasteiger partial charge in [-0.25, -0.2) is 0 Å². The second kappa shape index (κ2) is 6.16. The van der Waals surface area contributed by atoms with E-state index in [0.717, 1.165) is 19.3 Å². The average Bonchev–Trinajstić information content (AvgIpc) is 3.39. The van der Waals surface area contributed by atoms with E-state index < -0.39 is 17.7 Å². The second-order valence-corrected chi connectivity index (χ2v) is 7.38. The summed E-state index contributed by atoms with van der Waals surface area (Å²) in [4.78, 5) is 49.7. The van der Waals surface area contributed by atoms with Crippen molar-refractivity contribution in [1.82, 2.24) is 20.9 Å². The Morgan fingerprint density at radius 3 is 2.42 bits per heavy atom. The molecule has 1 saturated carbocycles. The van der Waals surface area contributed by atoms with E-state index in [9.17, 15) is 19.2 Å². The number of likely N-dealkylation sites (tertiary alicyclic amines) is 1. The van der Waals surface area contributed by atoms with Crippen LogP contribution in [0, 0.1) is 0 Å². The summed E-state index contributed by atoms with van der Waals surface area (Å²) in [6.45, 7) is 4.10. The van der Waals surface area contributed by atoms with E-state index in [4.69, 9.17) is 0 Å². The normalized spacial score (nSPS) is 27.5. The smallest absolute Gasteiger partial charge is 0.289 e. The first-order chi connectivity index (χ1) is 11.3. The molecule has 0 bridgehead atoms. The highest BCUT2D eigenvalue weighted by atomic mass is 16.2. The number of hydrogen-bond acceptors (Lipinski definition) is 5. The van der Waals surface area contributed by atoms with Crippen LogP contribution in [-0.2, 0) is 19.2 Å². The van der Waals surface area contributed by atoms with Gasteiger partial charge in [0.05, 0.1) is 6.54 Å². The summed E-state index contributed by atoms with van der Waals surface area (Å²) in [5.74, 6) is -1.75. The maximum Gasteiger partial charge on any atom is 0.289 e. The van der Waals surface area contributed by atoms with E-state index in [1.165, 1.54) is 0 Å². The van der Waals surface area contributed by atoms with Crippen molar-refractivity contribution in [3.8, 4) is 0 Å². The van der Waals surface area contributed by atoms with E-state index in [1.54, 1.807) is 4.90 Å². The van der Waals surface area contributed by atoms with Crippen LogP contribution in [0.25, 0.3) is 0 Å². The van der Waals surface area contributed by atoms with Gasteiger partial charge in [0.25, 0.3) is 5.91 Å². The minimum absolute atomic E-state index is 0.0737. The third-order valence-corrected chi connectivity index (χ3v) is 4.83. The third kappa shape index (κ3) is 3.58. The van der Waals surface area contributed by atoms with Gasteiger partial charge in [0.15, 0.2) is 0 Å². The highest BCUT2D eigenvalue weighted by molar-refractivity contribution is 6.37. The lowest BCUT2D eigenvalue weighted by Gasteiger charge is -2.24. The fourth-order valence-corrected chi connectivity index (χ4v) is 3.03. The topological polar surface area (TPSA) is 118 Å². The SMILES string of the molecule is CC1(C)N[C@@H]1C(=O)N1CCCC1C(=O)NCC(=O)C(=O)NC1CC1. The molecule has 3 aliphatic rings. The van der Waals surface area contributed by atoms with Crippen molar-refractivity contribution in [3.63, 3.8) is 0 Å². The van der Waals surface area contributed by atoms with E-state index in [0.29, 0.717) is 13.0 Å². The van der Waals surface area contributed by atoms with Crippen LogP contribution in [0.15, 0.2) is 0 Å². The lowest BCUT2D eigenvalue weighted by Crippen LogP contribution is -2.50. The lowest BCUT2D eigenvalue weighted by molar-refractivity contribution is -0.140. The number of carbonyl (C=O) groups excluding carboxylic acids is 4. The van der Waals surface area contributed by atoms with Crippen molar-refractivity contribution in [1.29, 1.82) is 0 Å². The molecule has 3 rings (SSSR count). The van der Waals surface area contributed by atoms with Crippen LogP contribution in [-0.4, -0.2) is 65.2 Å². The van der Waals surface area contributed by atoms with Crippen molar-refractivity contribution < 1.29 is 19.2 Å². The monoisotopic (exact) mass is 336 g/mol. The zero-order valence-corrected chi connectivity index (χ0v) is 14.1. The Hall–Kier alpha value is -1.96. The molecule has 3 fully saturated rings. The summed E-state index contributed by atoms with van der Waals surface area (Å²) in [5.41, 5.74) is -0.225. The molecular weight excluding hydrogens is 312 g/mol. The molecule has 3 N–H and O–H groups in total. The molecule has 2 heterocycles. The standard InChI is InChI=1S/C16H24N4O4/c1-16(2)12(19-16)15(24)20-7-3-4-10(20)13(22)17-8-11(21)14(23)18-9-5-6-9/h9-10,12,19H,3-8H2,1-2H3,(H,17,22)(H,18,23)/t10?,12-/m1/s1. The minimum atomic E-state index is -0.656. The molecule has 3 amide bonds. The molecule has 0 spiro atoms. The predicted molar refractivity (Wildman–Crippen MR) is 84.9 cm³/mol. The molecule has 2 atom stereocenters. The van der Waals surface area contributed by atoms with Gasteiger partial charge in [0.1, 0.15) is 12.1 Å². The van der Waals surface area contributed by atoms with E-state index in [-0.39, 0.29) is 36.0 Å². The number of rotatable bonds is 6. The highest BCUT2D eigenvalue weighted by Crippen LogP contribution is 2.29. The molecular formula is C16H24N4O4. The maximum absolute atomic E-state index is 12.5. The Morgan fingerprint density at radius 2 is 1.83 bits per heavy atom. The number of hydrogen-bond donors (Lipinski definition) is 3. The fourth-order valence-electron chi connectivity index (χ4n) is 3.03. The van der Waals surface area contributed by atoms with Crippen molar-refractivity contribution in [2.75, 3.05) is 13.1 Å². The molecule has 1 aliphatic carbocycles. The van der Waals surface area contributed by atoms with Gasteiger partial charge in [0.2, 0.25) is 17.6 Å². The Morgan fingerprint density at radius 1 is 1.17 bits per heavy atom. The molecule has 2 aliphatic heterocycles. The summed E-state index contributed by atoms with van der Waals surface area (Å²) in [7, 11) is 0. The molecule has 0 aromatic carbocycles. The third-order valence-electron chi connectivity index (χ3n) is 4.83. The van der Waals surface area contributed by atoms with Gasteiger partial charge in [-0.2, -0.15) is 0 Å². The minimum Gasteiger partial charge on any atom is -0.347 e. The van der Waals surface area contributed by atoms with Gasteiger partial charge in [-0.15, -0.1) is 0 Å². The zero-order valence-electron chi connectivity index (χ0n) is 14.1. The van der Waals surface area contributed by atoms with Gasteiger partial charge < -0.3 is 15.5 Å². The summed E-state index contributed by atoms with van der Waals surface area (Å²) in [6.07, 6.45) is 3.13.